The highest BCUT2D eigenvalue weighted by Gasteiger charge is 2.04. The van der Waals surface area contributed by atoms with Gasteiger partial charge in [-0.05, 0) is 12.1 Å². The van der Waals surface area contributed by atoms with Crippen molar-refractivity contribution in [2.75, 3.05) is 5.32 Å². The van der Waals surface area contributed by atoms with Crippen LogP contribution in [0.15, 0.2) is 53.2 Å². The zero-order valence-electron chi connectivity index (χ0n) is 9.63. The van der Waals surface area contributed by atoms with E-state index in [0.29, 0.717) is 12.5 Å². The van der Waals surface area contributed by atoms with Crippen molar-refractivity contribution in [1.29, 1.82) is 0 Å². The van der Waals surface area contributed by atoms with Gasteiger partial charge in [-0.2, -0.15) is 5.10 Å². The van der Waals surface area contributed by atoms with Gasteiger partial charge in [0.1, 0.15) is 17.8 Å². The summed E-state index contributed by atoms with van der Waals surface area (Å²) < 4.78 is 5.74. The van der Waals surface area contributed by atoms with Crippen molar-refractivity contribution in [2.24, 2.45) is 0 Å². The highest BCUT2D eigenvalue weighted by molar-refractivity contribution is 5.57. The number of aromatic nitrogens is 3. The van der Waals surface area contributed by atoms with Gasteiger partial charge < -0.3 is 9.73 Å². The molecule has 0 amide bonds. The van der Waals surface area contributed by atoms with Crippen LogP contribution in [0.25, 0.3) is 11.3 Å². The van der Waals surface area contributed by atoms with Crippen molar-refractivity contribution in [3.63, 3.8) is 0 Å². The summed E-state index contributed by atoms with van der Waals surface area (Å²) in [5.41, 5.74) is 1.07. The third-order valence-corrected chi connectivity index (χ3v) is 2.57. The average molecular weight is 240 g/mol. The Bertz CT molecular complexity index is 601. The third-order valence-electron chi connectivity index (χ3n) is 2.57. The van der Waals surface area contributed by atoms with Gasteiger partial charge in [-0.3, -0.25) is 0 Å². The molecule has 1 aromatic carbocycles. The zero-order chi connectivity index (χ0) is 12.2. The first-order valence-electron chi connectivity index (χ1n) is 5.65. The second-order valence-electron chi connectivity index (χ2n) is 3.82. The Kier molecular flexibility index (Phi) is 2.79. The van der Waals surface area contributed by atoms with Crippen molar-refractivity contribution in [2.45, 2.75) is 6.54 Å². The molecule has 5 heteroatoms. The van der Waals surface area contributed by atoms with Crippen LogP contribution in [0, 0.1) is 0 Å². The SMILES string of the molecule is c1ccc(-c2ccc(CNc3ncn[nH]3)o2)cc1. The second-order valence-corrected chi connectivity index (χ2v) is 3.82. The zero-order valence-corrected chi connectivity index (χ0v) is 9.63. The Hall–Kier alpha value is -2.56. The Morgan fingerprint density at radius 3 is 2.78 bits per heavy atom. The fourth-order valence-electron chi connectivity index (χ4n) is 1.69. The van der Waals surface area contributed by atoms with Gasteiger partial charge in [0.05, 0.1) is 6.54 Å². The van der Waals surface area contributed by atoms with Gasteiger partial charge in [0.25, 0.3) is 0 Å². The van der Waals surface area contributed by atoms with E-state index >= 15 is 0 Å². The van der Waals surface area contributed by atoms with Crippen LogP contribution in [0.1, 0.15) is 5.76 Å². The van der Waals surface area contributed by atoms with Crippen LogP contribution in [-0.4, -0.2) is 15.2 Å². The number of nitrogens with zero attached hydrogens (tertiary/aromatic N) is 2. The molecule has 2 aromatic heterocycles. The second kappa shape index (κ2) is 4.75. The van der Waals surface area contributed by atoms with E-state index in [1.54, 1.807) is 0 Å². The minimum Gasteiger partial charge on any atom is -0.459 e. The van der Waals surface area contributed by atoms with Crippen molar-refractivity contribution in [3.05, 3.63) is 54.6 Å². The molecule has 3 aromatic rings. The number of aromatic amines is 1. The van der Waals surface area contributed by atoms with Crippen molar-refractivity contribution in [1.82, 2.24) is 15.2 Å². The molecular weight excluding hydrogens is 228 g/mol. The number of rotatable bonds is 4. The number of furan rings is 1. The molecule has 0 aliphatic carbocycles. The van der Waals surface area contributed by atoms with Crippen LogP contribution in [0.4, 0.5) is 5.95 Å². The van der Waals surface area contributed by atoms with E-state index in [1.165, 1.54) is 6.33 Å². The number of hydrogen-bond donors (Lipinski definition) is 2. The third kappa shape index (κ3) is 2.24. The Balaban J connectivity index is 1.70. The molecule has 5 nitrogen and oxygen atoms in total. The minimum atomic E-state index is 0.571. The van der Waals surface area contributed by atoms with Gasteiger partial charge in [-0.15, -0.1) is 0 Å². The Labute approximate surface area is 104 Å². The monoisotopic (exact) mass is 240 g/mol. The first kappa shape index (κ1) is 10.6. The van der Waals surface area contributed by atoms with Gasteiger partial charge in [-0.25, -0.2) is 10.1 Å². The first-order valence-corrected chi connectivity index (χ1v) is 5.65. The minimum absolute atomic E-state index is 0.571. The molecule has 0 saturated carbocycles. The molecule has 0 bridgehead atoms. The molecule has 2 N–H and O–H groups in total. The maximum atomic E-state index is 5.74. The standard InChI is InChI=1S/C13H12N4O/c1-2-4-10(5-3-1)12-7-6-11(18-12)8-14-13-15-9-16-17-13/h1-7,9H,8H2,(H2,14,15,16,17). The summed E-state index contributed by atoms with van der Waals surface area (Å²) in [6.45, 7) is 0.571. The van der Waals surface area contributed by atoms with E-state index in [0.717, 1.165) is 17.1 Å². The number of nitrogens with one attached hydrogen (secondary N) is 2. The molecule has 90 valence electrons. The van der Waals surface area contributed by atoms with E-state index in [9.17, 15) is 0 Å². The molecule has 0 fully saturated rings. The summed E-state index contributed by atoms with van der Waals surface area (Å²) in [5.74, 6) is 2.35. The summed E-state index contributed by atoms with van der Waals surface area (Å²) in [7, 11) is 0. The normalized spacial score (nSPS) is 10.4. The summed E-state index contributed by atoms with van der Waals surface area (Å²) in [5, 5.41) is 9.57. The molecule has 0 atom stereocenters. The fraction of sp³-hybridized carbons (Fsp3) is 0.0769. The van der Waals surface area contributed by atoms with Gasteiger partial charge in [0.15, 0.2) is 0 Å². The van der Waals surface area contributed by atoms with E-state index in [-0.39, 0.29) is 0 Å². The summed E-state index contributed by atoms with van der Waals surface area (Å²) in [6.07, 6.45) is 1.46. The van der Waals surface area contributed by atoms with Crippen LogP contribution in [0.2, 0.25) is 0 Å². The molecular formula is C13H12N4O. The lowest BCUT2D eigenvalue weighted by molar-refractivity contribution is 0.531. The van der Waals surface area contributed by atoms with Gasteiger partial charge in [0.2, 0.25) is 5.95 Å². The Morgan fingerprint density at radius 2 is 2.00 bits per heavy atom. The lowest BCUT2D eigenvalue weighted by atomic mass is 10.2. The summed E-state index contributed by atoms with van der Waals surface area (Å²) >= 11 is 0. The predicted octanol–water partition coefficient (Wildman–Crippen LogP) is 2.68. The van der Waals surface area contributed by atoms with Crippen LogP contribution in [0.3, 0.4) is 0 Å². The van der Waals surface area contributed by atoms with Crippen molar-refractivity contribution >= 4 is 5.95 Å². The van der Waals surface area contributed by atoms with Gasteiger partial charge in [0, 0.05) is 5.56 Å². The van der Waals surface area contributed by atoms with E-state index in [1.807, 2.05) is 42.5 Å². The van der Waals surface area contributed by atoms with Crippen molar-refractivity contribution in [3.8, 4) is 11.3 Å². The van der Waals surface area contributed by atoms with E-state index in [2.05, 4.69) is 20.5 Å². The maximum Gasteiger partial charge on any atom is 0.218 e. The highest BCUT2D eigenvalue weighted by atomic mass is 16.3. The van der Waals surface area contributed by atoms with Crippen LogP contribution < -0.4 is 5.32 Å². The predicted molar refractivity (Wildman–Crippen MR) is 67.9 cm³/mol. The van der Waals surface area contributed by atoms with Gasteiger partial charge >= 0.3 is 0 Å². The van der Waals surface area contributed by atoms with Crippen LogP contribution in [0.5, 0.6) is 0 Å². The lowest BCUT2D eigenvalue weighted by Gasteiger charge is -1.99. The topological polar surface area (TPSA) is 66.7 Å². The van der Waals surface area contributed by atoms with E-state index < -0.39 is 0 Å². The smallest absolute Gasteiger partial charge is 0.218 e. The molecule has 0 unspecified atom stereocenters. The maximum absolute atomic E-state index is 5.74. The average Bonchev–Trinajstić information content (AvgIpc) is 3.09. The van der Waals surface area contributed by atoms with E-state index in [4.69, 9.17) is 4.42 Å². The molecule has 0 spiro atoms. The molecule has 0 radical (unpaired) electrons. The molecule has 18 heavy (non-hydrogen) atoms. The molecule has 2 heterocycles. The molecule has 3 rings (SSSR count). The first-order chi connectivity index (χ1) is 8.92. The Morgan fingerprint density at radius 1 is 1.11 bits per heavy atom. The number of H-pyrrole nitrogens is 1. The highest BCUT2D eigenvalue weighted by Crippen LogP contribution is 2.21. The van der Waals surface area contributed by atoms with Crippen LogP contribution >= 0.6 is 0 Å². The van der Waals surface area contributed by atoms with Crippen molar-refractivity contribution < 1.29 is 4.42 Å². The molecule has 0 saturated heterocycles. The molecule has 0 aliphatic heterocycles. The largest absolute Gasteiger partial charge is 0.459 e. The fourth-order valence-corrected chi connectivity index (χ4v) is 1.69. The lowest BCUT2D eigenvalue weighted by Crippen LogP contribution is -1.99. The number of anilines is 1. The van der Waals surface area contributed by atoms with Crippen LogP contribution in [-0.2, 0) is 6.54 Å². The number of benzene rings is 1. The number of hydrogen-bond acceptors (Lipinski definition) is 4. The van der Waals surface area contributed by atoms with Gasteiger partial charge in [-0.1, -0.05) is 30.3 Å². The quantitative estimate of drug-likeness (QED) is 0.735. The summed E-state index contributed by atoms with van der Waals surface area (Å²) in [6, 6.07) is 13.9. The summed E-state index contributed by atoms with van der Waals surface area (Å²) in [4.78, 5) is 3.98. The molecule has 0 aliphatic rings.